The van der Waals surface area contributed by atoms with Crippen LogP contribution in [0.25, 0.3) is 0 Å². The summed E-state index contributed by atoms with van der Waals surface area (Å²) < 4.78 is 68.6. The Kier molecular flexibility index (Phi) is 20.5. The molecule has 12 heterocycles. The van der Waals surface area contributed by atoms with E-state index in [-0.39, 0.29) is 81.0 Å². The third-order valence-corrected chi connectivity index (χ3v) is 15.5. The molecule has 20 rings (SSSR count). The lowest BCUT2D eigenvalue weighted by Gasteiger charge is -2.20. The number of carboxylic acid groups (broad SMARTS) is 5. The molecular formula is C67H70O21. The summed E-state index contributed by atoms with van der Waals surface area (Å²) in [4.78, 5) is 60.1. The zero-order valence-electron chi connectivity index (χ0n) is 48.7. The summed E-state index contributed by atoms with van der Waals surface area (Å²) in [5.41, 5.74) is 9.96. The van der Waals surface area contributed by atoms with Gasteiger partial charge in [0.1, 0.15) is 5.75 Å². The summed E-state index contributed by atoms with van der Waals surface area (Å²) in [6.07, 6.45) is 7.41. The van der Waals surface area contributed by atoms with Crippen LogP contribution in [0.4, 0.5) is 0 Å². The second-order valence-electron chi connectivity index (χ2n) is 22.0. The van der Waals surface area contributed by atoms with Crippen LogP contribution in [0.2, 0.25) is 0 Å². The van der Waals surface area contributed by atoms with Gasteiger partial charge in [-0.15, -0.1) is 0 Å². The van der Waals surface area contributed by atoms with Crippen molar-refractivity contribution in [3.63, 3.8) is 0 Å². The number of benzene rings is 6. The molecule has 0 spiro atoms. The minimum Gasteiger partial charge on any atom is -0.494 e. The largest absolute Gasteiger partial charge is 0.494 e. The Labute approximate surface area is 507 Å². The molecule has 12 aliphatic heterocycles. The topological polar surface area (TPSA) is 288 Å². The van der Waals surface area contributed by atoms with Crippen molar-refractivity contribution in [2.45, 2.75) is 96.3 Å². The van der Waals surface area contributed by atoms with Crippen LogP contribution in [-0.2, 0) is 62.5 Å². The molecule has 0 fully saturated rings. The van der Waals surface area contributed by atoms with Crippen LogP contribution in [0.1, 0.15) is 125 Å². The number of carbonyl (C=O) groups is 5. The third kappa shape index (κ3) is 16.5. The van der Waals surface area contributed by atoms with Crippen LogP contribution in [0.15, 0.2) is 78.9 Å². The maximum absolute atomic E-state index is 12.0. The van der Waals surface area contributed by atoms with E-state index < -0.39 is 62.9 Å². The average molecular weight is 1210 g/mol. The van der Waals surface area contributed by atoms with Gasteiger partial charge in [-0.1, -0.05) is 6.07 Å². The van der Waals surface area contributed by atoms with Gasteiger partial charge in [0.15, 0.2) is 90.5 Å². The first kappa shape index (κ1) is 61.6. The van der Waals surface area contributed by atoms with E-state index in [0.717, 1.165) is 66.8 Å². The molecule has 88 heavy (non-hydrogen) atoms. The molecule has 0 saturated carbocycles. The number of hydrogen-bond donors (Lipinski definition) is 5. The number of carboxylic acids is 5. The third-order valence-electron chi connectivity index (χ3n) is 15.5. The number of hydrogen-bond acceptors (Lipinski definition) is 16. The SMILES string of the molecule is O=C(O)COc1cc2c3cc1OCCCCCOc1ccc4c(c1)Cc1cc(OCC(=O)O)c5cc1Cc1cc(OCC(=O)O)c(cc1C4)OCCCCCOc1cc(c(cc1OCC(=O)O)C3)Cc1cc(OCC(=O)O)c(cc1C2)OCCCCCO5. The van der Waals surface area contributed by atoms with E-state index >= 15 is 0 Å². The van der Waals surface area contributed by atoms with Crippen molar-refractivity contribution in [3.8, 4) is 63.2 Å². The molecule has 14 aliphatic rings. The van der Waals surface area contributed by atoms with Crippen molar-refractivity contribution in [1.82, 2.24) is 0 Å². The molecule has 0 radical (unpaired) electrons. The van der Waals surface area contributed by atoms with Crippen LogP contribution in [0.5, 0.6) is 63.2 Å². The zero-order chi connectivity index (χ0) is 61.5. The molecule has 0 aromatic heterocycles. The molecule has 2 aliphatic carbocycles. The molecule has 6 aromatic carbocycles. The average Bonchev–Trinajstić information content (AvgIpc) is 1.77. The first-order chi connectivity index (χ1) is 42.7. The summed E-state index contributed by atoms with van der Waals surface area (Å²) in [7, 11) is 0. The Morgan fingerprint density at radius 2 is 0.489 bits per heavy atom. The lowest BCUT2D eigenvalue weighted by Crippen LogP contribution is -2.13. The van der Waals surface area contributed by atoms with Gasteiger partial charge >= 0.3 is 29.8 Å². The molecule has 0 amide bonds. The number of ether oxygens (including phenoxy) is 11. The molecule has 21 nitrogen and oxygen atoms in total. The fourth-order valence-electron chi connectivity index (χ4n) is 11.2. The lowest BCUT2D eigenvalue weighted by atomic mass is 9.94. The fraction of sp³-hybridized carbons (Fsp3) is 0.388. The van der Waals surface area contributed by atoms with E-state index in [1.165, 1.54) is 0 Å². The molecule has 6 aromatic rings. The highest BCUT2D eigenvalue weighted by Gasteiger charge is 2.27. The molecule has 0 saturated heterocycles. The van der Waals surface area contributed by atoms with Gasteiger partial charge in [-0.25, -0.2) is 24.0 Å². The Morgan fingerprint density at radius 1 is 0.273 bits per heavy atom. The zero-order valence-corrected chi connectivity index (χ0v) is 48.7. The molecule has 0 unspecified atom stereocenters. The van der Waals surface area contributed by atoms with Gasteiger partial charge < -0.3 is 77.6 Å². The first-order valence-electron chi connectivity index (χ1n) is 29.6. The highest BCUT2D eigenvalue weighted by Crippen LogP contribution is 2.44. The standard InChI is InChI=1S/C67H70O21/c68-63(69)35-84-58-30-43-19-41-24-52-11-10-40(41)18-42-25-53-59(85-36-64(70)71)31-48(42)20-44(43)26-54(58)81-15-8-3-9-17-83-57-28-46-22-49-32-60(86-37-65(72)73)55(80-13-5-1-4-12-78-52)27-45(49)21-50-33-61(87-38-66(74)75)56(82-16-7-2-6-14-79-53)29-47(50)23-51(46)34-62(57)88-39-67(76)77/h10-11,24-34H,1-9,12-23,35-39H2,(H,68,69)(H,70,71)(H,72,73)(H,74,75)(H,76,77). The lowest BCUT2D eigenvalue weighted by molar-refractivity contribution is -0.140. The van der Waals surface area contributed by atoms with Gasteiger partial charge in [0, 0.05) is 0 Å². The summed E-state index contributed by atoms with van der Waals surface area (Å²) in [5.74, 6) is -2.50. The van der Waals surface area contributed by atoms with Crippen molar-refractivity contribution in [2.75, 3.05) is 72.7 Å². The Hall–Kier alpha value is -9.53. The van der Waals surface area contributed by atoms with Crippen molar-refractivity contribution in [3.05, 3.63) is 146 Å². The predicted octanol–water partition coefficient (Wildman–Crippen LogP) is 9.69. The van der Waals surface area contributed by atoms with Crippen molar-refractivity contribution in [1.29, 1.82) is 0 Å². The summed E-state index contributed by atoms with van der Waals surface area (Å²) in [6.45, 7) is -1.71. The first-order valence-corrected chi connectivity index (χ1v) is 29.6. The normalized spacial score (nSPS) is 15.1. The molecule has 0 atom stereocenters. The van der Waals surface area contributed by atoms with E-state index in [0.29, 0.717) is 118 Å². The second kappa shape index (κ2) is 29.2. The monoisotopic (exact) mass is 1210 g/mol. The summed E-state index contributed by atoms with van der Waals surface area (Å²) in [6, 6.07) is 24.2. The van der Waals surface area contributed by atoms with Gasteiger partial charge in [0.2, 0.25) is 0 Å². The summed E-state index contributed by atoms with van der Waals surface area (Å²) in [5, 5.41) is 49.1. The van der Waals surface area contributed by atoms with Gasteiger partial charge in [-0.05, 0) is 236 Å². The quantitative estimate of drug-likeness (QED) is 0.0638. The maximum Gasteiger partial charge on any atom is 0.341 e. The summed E-state index contributed by atoms with van der Waals surface area (Å²) >= 11 is 0. The van der Waals surface area contributed by atoms with E-state index in [9.17, 15) is 49.5 Å². The van der Waals surface area contributed by atoms with Crippen molar-refractivity contribution >= 4 is 29.8 Å². The molecule has 5 N–H and O–H groups in total. The van der Waals surface area contributed by atoms with E-state index in [1.807, 2.05) is 60.7 Å². The molecule has 21 heteroatoms. The van der Waals surface area contributed by atoms with Crippen molar-refractivity contribution < 1.29 is 102 Å². The molecular weight excluding hydrogens is 1140 g/mol. The van der Waals surface area contributed by atoms with E-state index in [4.69, 9.17) is 52.1 Å². The Morgan fingerprint density at radius 3 is 0.739 bits per heavy atom. The highest BCUT2D eigenvalue weighted by molar-refractivity contribution is 5.71. The van der Waals surface area contributed by atoms with Crippen molar-refractivity contribution in [2.24, 2.45) is 0 Å². The van der Waals surface area contributed by atoms with Gasteiger partial charge in [0.05, 0.1) is 39.6 Å². The van der Waals surface area contributed by atoms with Crippen LogP contribution in [0.3, 0.4) is 0 Å². The van der Waals surface area contributed by atoms with Gasteiger partial charge in [-0.3, -0.25) is 0 Å². The fourth-order valence-corrected chi connectivity index (χ4v) is 11.2. The minimum absolute atomic E-state index is 0.193. The smallest absolute Gasteiger partial charge is 0.341 e. The van der Waals surface area contributed by atoms with E-state index in [2.05, 4.69) is 0 Å². The molecule has 464 valence electrons. The van der Waals surface area contributed by atoms with Crippen LogP contribution in [0, 0.1) is 0 Å². The predicted molar refractivity (Wildman–Crippen MR) is 316 cm³/mol. The Bertz CT molecular complexity index is 3530. The van der Waals surface area contributed by atoms with Gasteiger partial charge in [-0.2, -0.15) is 0 Å². The molecule has 18 bridgehead atoms. The van der Waals surface area contributed by atoms with Crippen LogP contribution >= 0.6 is 0 Å². The van der Waals surface area contributed by atoms with Crippen LogP contribution < -0.4 is 52.1 Å². The second-order valence-corrected chi connectivity index (χ2v) is 22.0. The highest BCUT2D eigenvalue weighted by atomic mass is 16.6. The minimum atomic E-state index is -1.20. The van der Waals surface area contributed by atoms with Crippen LogP contribution in [-0.4, -0.2) is 128 Å². The Balaban J connectivity index is 1.10. The van der Waals surface area contributed by atoms with Gasteiger partial charge in [0.25, 0.3) is 0 Å². The maximum atomic E-state index is 12.0. The van der Waals surface area contributed by atoms with E-state index in [1.54, 1.807) is 18.2 Å². The number of aliphatic carboxylic acids is 5. The number of rotatable bonds is 15.